The van der Waals surface area contributed by atoms with Crippen molar-refractivity contribution < 1.29 is 9.53 Å². The number of nitrogens with two attached hydrogens (primary N) is 1. The lowest BCUT2D eigenvalue weighted by molar-refractivity contribution is -0.124. The predicted octanol–water partition coefficient (Wildman–Crippen LogP) is 2.19. The summed E-state index contributed by atoms with van der Waals surface area (Å²) in [6.07, 6.45) is 4.19. The SMILES string of the molecule is C[C@@H]1CCCC[C@H]1NC(=S)N1C[C@H](C(N)=O)Oc2ccccc21. The Balaban J connectivity index is 1.79. The molecule has 0 unspecified atom stereocenters. The van der Waals surface area contributed by atoms with Crippen molar-refractivity contribution in [1.29, 1.82) is 0 Å². The predicted molar refractivity (Wildman–Crippen MR) is 94.6 cm³/mol. The van der Waals surface area contributed by atoms with Gasteiger partial charge in [0, 0.05) is 6.04 Å². The molecule has 1 fully saturated rings. The van der Waals surface area contributed by atoms with Crippen molar-refractivity contribution in [2.75, 3.05) is 11.4 Å². The van der Waals surface area contributed by atoms with Crippen LogP contribution in [0.2, 0.25) is 0 Å². The molecule has 1 aromatic carbocycles. The van der Waals surface area contributed by atoms with Gasteiger partial charge in [-0.05, 0) is 43.1 Å². The lowest BCUT2D eigenvalue weighted by Crippen LogP contribution is -2.54. The van der Waals surface area contributed by atoms with E-state index in [9.17, 15) is 4.79 Å². The van der Waals surface area contributed by atoms with E-state index >= 15 is 0 Å². The minimum absolute atomic E-state index is 0.347. The van der Waals surface area contributed by atoms with E-state index in [1.807, 2.05) is 29.2 Å². The van der Waals surface area contributed by atoms with Gasteiger partial charge in [-0.3, -0.25) is 4.79 Å². The fraction of sp³-hybridized carbons (Fsp3) is 0.529. The van der Waals surface area contributed by atoms with Crippen LogP contribution >= 0.6 is 12.2 Å². The molecular weight excluding hydrogens is 310 g/mol. The molecule has 2 aliphatic rings. The van der Waals surface area contributed by atoms with Gasteiger partial charge in [-0.25, -0.2) is 0 Å². The zero-order valence-corrected chi connectivity index (χ0v) is 14.1. The average molecular weight is 333 g/mol. The molecule has 0 saturated heterocycles. The Morgan fingerprint density at radius 3 is 2.83 bits per heavy atom. The molecule has 0 spiro atoms. The summed E-state index contributed by atoms with van der Waals surface area (Å²) in [4.78, 5) is 13.5. The van der Waals surface area contributed by atoms with Crippen LogP contribution < -0.4 is 20.7 Å². The van der Waals surface area contributed by atoms with Crippen LogP contribution in [0, 0.1) is 5.92 Å². The molecule has 1 saturated carbocycles. The molecule has 3 rings (SSSR count). The van der Waals surface area contributed by atoms with Gasteiger partial charge in [0.15, 0.2) is 11.2 Å². The number of nitrogens with one attached hydrogen (secondary N) is 1. The summed E-state index contributed by atoms with van der Waals surface area (Å²) in [6.45, 7) is 2.61. The first-order chi connectivity index (χ1) is 11.1. The van der Waals surface area contributed by atoms with E-state index in [0.717, 1.165) is 12.1 Å². The van der Waals surface area contributed by atoms with Crippen molar-refractivity contribution in [1.82, 2.24) is 5.32 Å². The van der Waals surface area contributed by atoms with E-state index < -0.39 is 12.0 Å². The number of nitrogens with zero attached hydrogens (tertiary/aromatic N) is 1. The van der Waals surface area contributed by atoms with Crippen LogP contribution in [0.1, 0.15) is 32.6 Å². The number of amides is 1. The molecule has 3 N–H and O–H groups in total. The van der Waals surface area contributed by atoms with Crippen molar-refractivity contribution in [3.05, 3.63) is 24.3 Å². The van der Waals surface area contributed by atoms with Gasteiger partial charge in [-0.15, -0.1) is 0 Å². The molecule has 1 aliphatic heterocycles. The third kappa shape index (κ3) is 3.42. The molecule has 0 radical (unpaired) electrons. The van der Waals surface area contributed by atoms with E-state index in [1.54, 1.807) is 0 Å². The zero-order chi connectivity index (χ0) is 16.4. The van der Waals surface area contributed by atoms with E-state index in [1.165, 1.54) is 19.3 Å². The van der Waals surface area contributed by atoms with Gasteiger partial charge in [0.05, 0.1) is 12.2 Å². The van der Waals surface area contributed by atoms with Crippen LogP contribution in [-0.4, -0.2) is 29.7 Å². The van der Waals surface area contributed by atoms with Crippen LogP contribution in [0.3, 0.4) is 0 Å². The molecule has 5 nitrogen and oxygen atoms in total. The van der Waals surface area contributed by atoms with Gasteiger partial charge in [0.2, 0.25) is 0 Å². The number of para-hydroxylation sites is 2. The molecule has 1 heterocycles. The van der Waals surface area contributed by atoms with E-state index in [4.69, 9.17) is 22.7 Å². The number of carbonyl (C=O) groups is 1. The first-order valence-electron chi connectivity index (χ1n) is 8.19. The number of hydrogen-bond donors (Lipinski definition) is 2. The molecule has 23 heavy (non-hydrogen) atoms. The van der Waals surface area contributed by atoms with Crippen molar-refractivity contribution in [2.45, 2.75) is 44.8 Å². The van der Waals surface area contributed by atoms with Crippen molar-refractivity contribution >= 4 is 28.9 Å². The van der Waals surface area contributed by atoms with E-state index in [0.29, 0.717) is 29.4 Å². The number of anilines is 1. The Morgan fingerprint density at radius 1 is 1.35 bits per heavy atom. The lowest BCUT2D eigenvalue weighted by Gasteiger charge is -2.38. The summed E-state index contributed by atoms with van der Waals surface area (Å²) in [5.74, 6) is 0.770. The summed E-state index contributed by atoms with van der Waals surface area (Å²) in [5, 5.41) is 4.13. The minimum Gasteiger partial charge on any atom is -0.477 e. The summed E-state index contributed by atoms with van der Waals surface area (Å²) in [7, 11) is 0. The summed E-state index contributed by atoms with van der Waals surface area (Å²) >= 11 is 5.63. The Bertz CT molecular complexity index is 607. The number of hydrogen-bond acceptors (Lipinski definition) is 3. The van der Waals surface area contributed by atoms with Gasteiger partial charge < -0.3 is 20.7 Å². The standard InChI is InChI=1S/C17H23N3O2S/c1-11-6-2-3-7-12(11)19-17(23)20-10-15(16(18)21)22-14-9-5-4-8-13(14)20/h4-5,8-9,11-12,15H,2-3,6-7,10H2,1H3,(H2,18,21)(H,19,23)/t11-,12-,15-/m1/s1. The molecular formula is C17H23N3O2S. The van der Waals surface area contributed by atoms with Gasteiger partial charge in [-0.1, -0.05) is 31.9 Å². The number of benzene rings is 1. The van der Waals surface area contributed by atoms with Gasteiger partial charge in [-0.2, -0.15) is 0 Å². The topological polar surface area (TPSA) is 67.6 Å². The third-order valence-corrected chi connectivity index (χ3v) is 5.09. The Kier molecular flexibility index (Phi) is 4.71. The average Bonchev–Trinajstić information content (AvgIpc) is 2.55. The molecule has 6 heteroatoms. The fourth-order valence-corrected chi connectivity index (χ4v) is 3.67. The lowest BCUT2D eigenvalue weighted by atomic mass is 9.86. The number of fused-ring (bicyclic) bond motifs is 1. The van der Waals surface area contributed by atoms with Crippen molar-refractivity contribution in [2.24, 2.45) is 11.7 Å². The molecule has 1 aliphatic carbocycles. The highest BCUT2D eigenvalue weighted by molar-refractivity contribution is 7.80. The molecule has 3 atom stereocenters. The highest BCUT2D eigenvalue weighted by Crippen LogP contribution is 2.33. The molecule has 1 amide bonds. The summed E-state index contributed by atoms with van der Waals surface area (Å²) in [5.41, 5.74) is 6.32. The second kappa shape index (κ2) is 6.74. The molecule has 124 valence electrons. The number of primary amides is 1. The Hall–Kier alpha value is -1.82. The largest absolute Gasteiger partial charge is 0.477 e. The number of rotatable bonds is 2. The minimum atomic E-state index is -0.687. The second-order valence-corrected chi connectivity index (χ2v) is 6.79. The van der Waals surface area contributed by atoms with Crippen molar-refractivity contribution in [3.8, 4) is 5.75 Å². The fourth-order valence-electron chi connectivity index (χ4n) is 3.34. The molecule has 1 aromatic rings. The first kappa shape index (κ1) is 16.1. The van der Waals surface area contributed by atoms with Gasteiger partial charge in [0.1, 0.15) is 5.75 Å². The van der Waals surface area contributed by atoms with Crippen LogP contribution in [0.5, 0.6) is 5.75 Å². The van der Waals surface area contributed by atoms with Gasteiger partial charge >= 0.3 is 0 Å². The zero-order valence-electron chi connectivity index (χ0n) is 13.3. The quantitative estimate of drug-likeness (QED) is 0.812. The molecule has 0 aromatic heterocycles. The van der Waals surface area contributed by atoms with Crippen LogP contribution in [0.25, 0.3) is 0 Å². The normalized spacial score (nSPS) is 26.8. The van der Waals surface area contributed by atoms with Gasteiger partial charge in [0.25, 0.3) is 5.91 Å². The van der Waals surface area contributed by atoms with Crippen LogP contribution in [0.4, 0.5) is 5.69 Å². The first-order valence-corrected chi connectivity index (χ1v) is 8.60. The highest BCUT2D eigenvalue weighted by Gasteiger charge is 2.32. The monoisotopic (exact) mass is 333 g/mol. The van der Waals surface area contributed by atoms with E-state index in [2.05, 4.69) is 12.2 Å². The summed E-state index contributed by atoms with van der Waals surface area (Å²) in [6, 6.07) is 7.98. The maximum atomic E-state index is 11.6. The van der Waals surface area contributed by atoms with Crippen LogP contribution in [0.15, 0.2) is 24.3 Å². The Labute approximate surface area is 142 Å². The maximum Gasteiger partial charge on any atom is 0.260 e. The highest BCUT2D eigenvalue weighted by atomic mass is 32.1. The smallest absolute Gasteiger partial charge is 0.260 e. The number of thiocarbonyl (C=S) groups is 1. The number of ether oxygens (including phenoxy) is 1. The summed E-state index contributed by atoms with van der Waals surface area (Å²) < 4.78 is 5.68. The van der Waals surface area contributed by atoms with E-state index in [-0.39, 0.29) is 0 Å². The maximum absolute atomic E-state index is 11.6. The molecule has 0 bridgehead atoms. The number of carbonyl (C=O) groups excluding carboxylic acids is 1. The third-order valence-electron chi connectivity index (χ3n) is 4.76. The Morgan fingerprint density at radius 2 is 2.09 bits per heavy atom. The second-order valence-electron chi connectivity index (χ2n) is 6.40. The van der Waals surface area contributed by atoms with Crippen LogP contribution in [-0.2, 0) is 4.79 Å². The van der Waals surface area contributed by atoms with Crippen molar-refractivity contribution in [3.63, 3.8) is 0 Å².